The van der Waals surface area contributed by atoms with Gasteiger partial charge in [0.2, 0.25) is 0 Å². The molecule has 0 N–H and O–H groups in total. The lowest BCUT2D eigenvalue weighted by atomic mass is 10.2. The molecule has 0 atom stereocenters. The van der Waals surface area contributed by atoms with Gasteiger partial charge in [-0.05, 0) is 46.6 Å². The Kier molecular flexibility index (Phi) is 3.61. The molecule has 0 aliphatic carbocycles. The Hall–Kier alpha value is -1.49. The van der Waals surface area contributed by atoms with E-state index in [1.165, 1.54) is 29.0 Å². The van der Waals surface area contributed by atoms with Gasteiger partial charge < -0.3 is 4.57 Å². The van der Waals surface area contributed by atoms with Crippen LogP contribution < -0.4 is 5.56 Å². The van der Waals surface area contributed by atoms with Gasteiger partial charge in [0.1, 0.15) is 11.6 Å². The second-order valence-corrected chi connectivity index (χ2v) is 4.85. The molecule has 0 amide bonds. The smallest absolute Gasteiger partial charge is 0.251 e. The zero-order valence-electron chi connectivity index (χ0n) is 9.58. The van der Waals surface area contributed by atoms with Crippen molar-refractivity contribution in [1.29, 1.82) is 0 Å². The number of halogens is 3. The molecular formula is C13H10BrF2NO. The number of benzene rings is 1. The molecule has 0 radical (unpaired) electrons. The minimum Gasteiger partial charge on any atom is -0.311 e. The van der Waals surface area contributed by atoms with Gasteiger partial charge >= 0.3 is 0 Å². The Morgan fingerprint density at radius 2 is 2.00 bits per heavy atom. The Balaban J connectivity index is 2.46. The second kappa shape index (κ2) is 5.02. The predicted molar refractivity (Wildman–Crippen MR) is 68.6 cm³/mol. The van der Waals surface area contributed by atoms with Crippen LogP contribution in [-0.2, 0) is 6.54 Å². The van der Waals surface area contributed by atoms with Crippen LogP contribution in [-0.4, -0.2) is 4.57 Å². The highest BCUT2D eigenvalue weighted by Gasteiger charge is 2.13. The third kappa shape index (κ3) is 2.51. The minimum atomic E-state index is -0.678. The maximum Gasteiger partial charge on any atom is 0.251 e. The normalized spacial score (nSPS) is 10.7. The Morgan fingerprint density at radius 1 is 1.28 bits per heavy atom. The van der Waals surface area contributed by atoms with Gasteiger partial charge in [0.15, 0.2) is 0 Å². The molecule has 0 bridgehead atoms. The Morgan fingerprint density at radius 3 is 2.67 bits per heavy atom. The number of aromatic nitrogens is 1. The molecule has 1 aromatic heterocycles. The zero-order valence-corrected chi connectivity index (χ0v) is 11.2. The number of hydrogen-bond donors (Lipinski definition) is 0. The first-order valence-electron chi connectivity index (χ1n) is 5.28. The van der Waals surface area contributed by atoms with E-state index < -0.39 is 11.6 Å². The number of nitrogens with zero attached hydrogens (tertiary/aromatic N) is 1. The standard InChI is InChI=1S/C13H10BrF2NO/c1-8-4-5-17(12(18)6-8)7-9-11(15)3-2-10(14)13(9)16/h2-6H,7H2,1H3. The number of aryl methyl sites for hydroxylation is 1. The highest BCUT2D eigenvalue weighted by molar-refractivity contribution is 9.10. The van der Waals surface area contributed by atoms with E-state index in [0.717, 1.165) is 5.56 Å². The number of rotatable bonds is 2. The van der Waals surface area contributed by atoms with Gasteiger partial charge in [0, 0.05) is 17.8 Å². The van der Waals surface area contributed by atoms with Crippen LogP contribution in [0, 0.1) is 18.6 Å². The quantitative estimate of drug-likeness (QED) is 0.780. The summed E-state index contributed by atoms with van der Waals surface area (Å²) in [5.74, 6) is -1.34. The van der Waals surface area contributed by atoms with Crippen LogP contribution in [0.4, 0.5) is 8.78 Å². The summed E-state index contributed by atoms with van der Waals surface area (Å²) in [5.41, 5.74) is 0.399. The zero-order chi connectivity index (χ0) is 13.3. The maximum absolute atomic E-state index is 13.8. The largest absolute Gasteiger partial charge is 0.311 e. The molecule has 0 aliphatic rings. The van der Waals surface area contributed by atoms with Crippen LogP contribution in [0.15, 0.2) is 39.7 Å². The van der Waals surface area contributed by atoms with Crippen LogP contribution in [0.2, 0.25) is 0 Å². The first-order chi connectivity index (χ1) is 8.49. The third-order valence-corrected chi connectivity index (χ3v) is 3.23. The van der Waals surface area contributed by atoms with Gasteiger partial charge in [-0.3, -0.25) is 4.79 Å². The molecular weight excluding hydrogens is 304 g/mol. The van der Waals surface area contributed by atoms with Crippen LogP contribution in [0.25, 0.3) is 0 Å². The van der Waals surface area contributed by atoms with Crippen molar-refractivity contribution in [3.05, 3.63) is 68.1 Å². The molecule has 94 valence electrons. The van der Waals surface area contributed by atoms with Gasteiger partial charge in [0.05, 0.1) is 11.0 Å². The monoisotopic (exact) mass is 313 g/mol. The highest BCUT2D eigenvalue weighted by atomic mass is 79.9. The summed E-state index contributed by atoms with van der Waals surface area (Å²) in [5, 5.41) is 0. The Bertz CT molecular complexity index is 652. The molecule has 1 heterocycles. The first-order valence-corrected chi connectivity index (χ1v) is 6.08. The van der Waals surface area contributed by atoms with Crippen molar-refractivity contribution in [2.45, 2.75) is 13.5 Å². The lowest BCUT2D eigenvalue weighted by molar-refractivity contribution is 0.537. The van der Waals surface area contributed by atoms with Crippen molar-refractivity contribution in [1.82, 2.24) is 4.57 Å². The molecule has 0 saturated carbocycles. The fraction of sp³-hybridized carbons (Fsp3) is 0.154. The summed E-state index contributed by atoms with van der Waals surface area (Å²) in [6, 6.07) is 5.61. The average Bonchev–Trinajstić information content (AvgIpc) is 2.32. The summed E-state index contributed by atoms with van der Waals surface area (Å²) < 4.78 is 28.8. The predicted octanol–water partition coefficient (Wildman–Crippen LogP) is 3.25. The summed E-state index contributed by atoms with van der Waals surface area (Å²) in [6.45, 7) is 1.65. The second-order valence-electron chi connectivity index (χ2n) is 3.99. The summed E-state index contributed by atoms with van der Waals surface area (Å²) in [7, 11) is 0. The molecule has 5 heteroatoms. The number of pyridine rings is 1. The van der Waals surface area contributed by atoms with Crippen molar-refractivity contribution < 1.29 is 8.78 Å². The van der Waals surface area contributed by atoms with Crippen molar-refractivity contribution in [2.75, 3.05) is 0 Å². The van der Waals surface area contributed by atoms with Gasteiger partial charge in [0.25, 0.3) is 5.56 Å². The fourth-order valence-electron chi connectivity index (χ4n) is 1.62. The minimum absolute atomic E-state index is 0.129. The van der Waals surface area contributed by atoms with Gasteiger partial charge in [-0.1, -0.05) is 0 Å². The van der Waals surface area contributed by atoms with E-state index in [-0.39, 0.29) is 22.1 Å². The van der Waals surface area contributed by atoms with Crippen molar-refractivity contribution in [3.8, 4) is 0 Å². The molecule has 0 saturated heterocycles. The van der Waals surface area contributed by atoms with E-state index in [4.69, 9.17) is 0 Å². The van der Waals surface area contributed by atoms with E-state index in [1.807, 2.05) is 0 Å². The van der Waals surface area contributed by atoms with E-state index in [0.29, 0.717) is 0 Å². The van der Waals surface area contributed by atoms with Crippen molar-refractivity contribution in [2.24, 2.45) is 0 Å². The van der Waals surface area contributed by atoms with Gasteiger partial charge in [-0.15, -0.1) is 0 Å². The van der Waals surface area contributed by atoms with Crippen LogP contribution in [0.5, 0.6) is 0 Å². The molecule has 0 spiro atoms. The van der Waals surface area contributed by atoms with Crippen LogP contribution >= 0.6 is 15.9 Å². The third-order valence-electron chi connectivity index (χ3n) is 2.62. The van der Waals surface area contributed by atoms with Gasteiger partial charge in [-0.25, -0.2) is 8.78 Å². The van der Waals surface area contributed by atoms with E-state index in [9.17, 15) is 13.6 Å². The molecule has 2 nitrogen and oxygen atoms in total. The molecule has 2 aromatic rings. The van der Waals surface area contributed by atoms with Crippen LogP contribution in [0.1, 0.15) is 11.1 Å². The highest BCUT2D eigenvalue weighted by Crippen LogP contribution is 2.22. The van der Waals surface area contributed by atoms with Crippen molar-refractivity contribution in [3.63, 3.8) is 0 Å². The molecule has 1 aromatic carbocycles. The first kappa shape index (κ1) is 13.0. The lowest BCUT2D eigenvalue weighted by Crippen LogP contribution is -2.20. The Labute approximate surface area is 111 Å². The summed E-state index contributed by atoms with van der Waals surface area (Å²) >= 11 is 2.99. The van der Waals surface area contributed by atoms with Gasteiger partial charge in [-0.2, -0.15) is 0 Å². The SMILES string of the molecule is Cc1ccn(Cc2c(F)ccc(Br)c2F)c(=O)c1. The maximum atomic E-state index is 13.8. The van der Waals surface area contributed by atoms with Crippen LogP contribution in [0.3, 0.4) is 0 Å². The van der Waals surface area contributed by atoms with E-state index >= 15 is 0 Å². The molecule has 0 fully saturated rings. The molecule has 2 rings (SSSR count). The average molecular weight is 314 g/mol. The van der Waals surface area contributed by atoms with E-state index in [1.54, 1.807) is 13.0 Å². The molecule has 18 heavy (non-hydrogen) atoms. The number of hydrogen-bond acceptors (Lipinski definition) is 1. The molecule has 0 unspecified atom stereocenters. The summed E-state index contributed by atoms with van der Waals surface area (Å²) in [4.78, 5) is 11.7. The topological polar surface area (TPSA) is 22.0 Å². The molecule has 0 aliphatic heterocycles. The van der Waals surface area contributed by atoms with E-state index in [2.05, 4.69) is 15.9 Å². The summed E-state index contributed by atoms with van der Waals surface area (Å²) in [6.07, 6.45) is 1.53. The van der Waals surface area contributed by atoms with Crippen molar-refractivity contribution >= 4 is 15.9 Å². The fourth-order valence-corrected chi connectivity index (χ4v) is 1.99. The lowest BCUT2D eigenvalue weighted by Gasteiger charge is -2.09.